The van der Waals surface area contributed by atoms with Crippen LogP contribution in [0.3, 0.4) is 0 Å². The van der Waals surface area contributed by atoms with Crippen molar-refractivity contribution in [3.63, 3.8) is 0 Å². The Hall–Kier alpha value is -1.95. The van der Waals surface area contributed by atoms with Gasteiger partial charge in [-0.1, -0.05) is 36.4 Å². The molecule has 0 saturated carbocycles. The Morgan fingerprint density at radius 1 is 1.27 bits per heavy atom. The van der Waals surface area contributed by atoms with E-state index in [0.29, 0.717) is 19.6 Å². The number of hydrogen-bond acceptors (Lipinski definition) is 3. The van der Waals surface area contributed by atoms with Crippen LogP contribution in [0.5, 0.6) is 0 Å². The van der Waals surface area contributed by atoms with E-state index in [1.807, 2.05) is 37.3 Å². The van der Waals surface area contributed by atoms with Crippen LogP contribution >= 0.6 is 12.4 Å². The number of nitrogens with zero attached hydrogens (tertiary/aromatic N) is 1. The molecular weight excluding hydrogens is 353 g/mol. The van der Waals surface area contributed by atoms with Gasteiger partial charge in [0.05, 0.1) is 6.54 Å². The molecule has 0 spiro atoms. The second-order valence-corrected chi connectivity index (χ2v) is 6.45. The lowest BCUT2D eigenvalue weighted by Crippen LogP contribution is -2.49. The molecule has 3 rings (SSSR count). The van der Waals surface area contributed by atoms with Gasteiger partial charge in [-0.05, 0) is 35.7 Å². The van der Waals surface area contributed by atoms with Crippen molar-refractivity contribution < 1.29 is 9.18 Å². The normalized spacial score (nSPS) is 17.4. The Kier molecular flexibility index (Phi) is 7.57. The van der Waals surface area contributed by atoms with Crippen LogP contribution in [0.2, 0.25) is 0 Å². The first-order valence-electron chi connectivity index (χ1n) is 8.65. The van der Waals surface area contributed by atoms with Crippen molar-refractivity contribution in [2.45, 2.75) is 19.5 Å². The fraction of sp³-hybridized carbons (Fsp3) is 0.350. The van der Waals surface area contributed by atoms with E-state index in [9.17, 15) is 9.18 Å². The number of hydrogen-bond donors (Lipinski definition) is 2. The fourth-order valence-electron chi connectivity index (χ4n) is 3.22. The lowest BCUT2D eigenvalue weighted by atomic mass is 10.0. The van der Waals surface area contributed by atoms with Crippen LogP contribution in [0.15, 0.2) is 48.5 Å². The summed E-state index contributed by atoms with van der Waals surface area (Å²) < 4.78 is 13.5. The van der Waals surface area contributed by atoms with Crippen molar-refractivity contribution in [1.82, 2.24) is 15.5 Å². The summed E-state index contributed by atoms with van der Waals surface area (Å²) >= 11 is 0. The minimum Gasteiger partial charge on any atom is -0.351 e. The van der Waals surface area contributed by atoms with E-state index >= 15 is 0 Å². The highest BCUT2D eigenvalue weighted by Crippen LogP contribution is 2.22. The monoisotopic (exact) mass is 377 g/mol. The van der Waals surface area contributed by atoms with E-state index in [2.05, 4.69) is 15.5 Å². The number of halogens is 2. The summed E-state index contributed by atoms with van der Waals surface area (Å²) in [7, 11) is 0. The maximum Gasteiger partial charge on any atom is 0.234 e. The number of piperazine rings is 1. The van der Waals surface area contributed by atoms with Gasteiger partial charge in [-0.25, -0.2) is 4.39 Å². The van der Waals surface area contributed by atoms with Crippen molar-refractivity contribution in [3.8, 4) is 0 Å². The molecule has 0 aliphatic carbocycles. The summed E-state index contributed by atoms with van der Waals surface area (Å²) in [5.41, 5.74) is 3.19. The van der Waals surface area contributed by atoms with E-state index in [1.54, 1.807) is 12.1 Å². The molecule has 1 heterocycles. The van der Waals surface area contributed by atoms with Crippen LogP contribution in [0.25, 0.3) is 0 Å². The van der Waals surface area contributed by atoms with Crippen molar-refractivity contribution in [2.75, 3.05) is 26.2 Å². The van der Waals surface area contributed by atoms with Gasteiger partial charge in [0.25, 0.3) is 0 Å². The molecule has 0 radical (unpaired) electrons. The second-order valence-electron chi connectivity index (χ2n) is 6.45. The summed E-state index contributed by atoms with van der Waals surface area (Å²) in [5, 5.41) is 6.32. The first-order chi connectivity index (χ1) is 12.1. The predicted molar refractivity (Wildman–Crippen MR) is 104 cm³/mol. The second kappa shape index (κ2) is 9.67. The van der Waals surface area contributed by atoms with E-state index in [4.69, 9.17) is 0 Å². The summed E-state index contributed by atoms with van der Waals surface area (Å²) in [6.45, 7) is 5.19. The minimum atomic E-state index is -0.243. The minimum absolute atomic E-state index is 0. The van der Waals surface area contributed by atoms with Crippen LogP contribution in [0.1, 0.15) is 22.7 Å². The van der Waals surface area contributed by atoms with Gasteiger partial charge in [0.1, 0.15) is 5.82 Å². The molecule has 140 valence electrons. The van der Waals surface area contributed by atoms with E-state index < -0.39 is 0 Å². The fourth-order valence-corrected chi connectivity index (χ4v) is 3.22. The number of carbonyl (C=O) groups excluding carboxylic acids is 1. The molecule has 6 heteroatoms. The Bertz CT molecular complexity index is 741. The van der Waals surface area contributed by atoms with Gasteiger partial charge in [-0.2, -0.15) is 0 Å². The van der Waals surface area contributed by atoms with Gasteiger partial charge in [0.15, 0.2) is 0 Å². The van der Waals surface area contributed by atoms with E-state index in [0.717, 1.165) is 24.2 Å². The van der Waals surface area contributed by atoms with Crippen LogP contribution in [0, 0.1) is 12.7 Å². The lowest BCUT2D eigenvalue weighted by Gasteiger charge is -2.36. The van der Waals surface area contributed by atoms with Gasteiger partial charge in [-0.15, -0.1) is 12.4 Å². The highest BCUT2D eigenvalue weighted by Gasteiger charge is 2.25. The largest absolute Gasteiger partial charge is 0.351 e. The number of carbonyl (C=O) groups is 1. The first-order valence-corrected chi connectivity index (χ1v) is 8.65. The highest BCUT2D eigenvalue weighted by molar-refractivity contribution is 5.85. The topological polar surface area (TPSA) is 44.4 Å². The summed E-state index contributed by atoms with van der Waals surface area (Å²) in [6.07, 6.45) is 0. The summed E-state index contributed by atoms with van der Waals surface area (Å²) in [5.74, 6) is -0.251. The van der Waals surface area contributed by atoms with Crippen molar-refractivity contribution in [3.05, 3.63) is 71.0 Å². The molecule has 2 aromatic carbocycles. The molecule has 1 aliphatic heterocycles. The molecule has 1 unspecified atom stereocenters. The Balaban J connectivity index is 0.00000243. The molecule has 0 aromatic heterocycles. The number of benzene rings is 2. The zero-order valence-corrected chi connectivity index (χ0v) is 15.7. The van der Waals surface area contributed by atoms with Crippen molar-refractivity contribution in [1.29, 1.82) is 0 Å². The molecule has 1 atom stereocenters. The van der Waals surface area contributed by atoms with Crippen LogP contribution in [-0.4, -0.2) is 37.0 Å². The molecule has 0 bridgehead atoms. The number of nitrogens with one attached hydrogen (secondary N) is 2. The van der Waals surface area contributed by atoms with Crippen LogP contribution < -0.4 is 10.6 Å². The predicted octanol–water partition coefficient (Wildman–Crippen LogP) is 2.82. The van der Waals surface area contributed by atoms with Gasteiger partial charge in [-0.3, -0.25) is 9.69 Å². The third-order valence-corrected chi connectivity index (χ3v) is 4.67. The zero-order valence-electron chi connectivity index (χ0n) is 14.9. The van der Waals surface area contributed by atoms with Gasteiger partial charge in [0.2, 0.25) is 5.91 Å². The maximum absolute atomic E-state index is 13.5. The molecule has 4 nitrogen and oxygen atoms in total. The van der Waals surface area contributed by atoms with E-state index in [-0.39, 0.29) is 30.2 Å². The summed E-state index contributed by atoms with van der Waals surface area (Å²) in [6, 6.07) is 14.7. The molecule has 1 amide bonds. The smallest absolute Gasteiger partial charge is 0.234 e. The molecule has 2 aromatic rings. The standard InChI is InChI=1S/C20H24FN3O.ClH/c1-15-5-2-3-6-17(15)12-23-20(25)14-24-10-9-22-13-19(24)16-7-4-8-18(21)11-16;/h2-8,11,19,22H,9-10,12-14H2,1H3,(H,23,25);1H. The Morgan fingerprint density at radius 2 is 2.08 bits per heavy atom. The van der Waals surface area contributed by atoms with Crippen LogP contribution in [0.4, 0.5) is 4.39 Å². The number of aryl methyl sites for hydroxylation is 1. The van der Waals surface area contributed by atoms with Crippen molar-refractivity contribution in [2.24, 2.45) is 0 Å². The van der Waals surface area contributed by atoms with E-state index in [1.165, 1.54) is 11.6 Å². The molecule has 1 saturated heterocycles. The average molecular weight is 378 g/mol. The third kappa shape index (κ3) is 5.27. The van der Waals surface area contributed by atoms with Crippen molar-refractivity contribution >= 4 is 18.3 Å². The van der Waals surface area contributed by atoms with Crippen LogP contribution in [-0.2, 0) is 11.3 Å². The van der Waals surface area contributed by atoms with Gasteiger partial charge in [0, 0.05) is 32.2 Å². The molecule has 1 fully saturated rings. The molecular formula is C20H25ClFN3O. The number of rotatable bonds is 5. The maximum atomic E-state index is 13.5. The lowest BCUT2D eigenvalue weighted by molar-refractivity contribution is -0.123. The van der Waals surface area contributed by atoms with Gasteiger partial charge >= 0.3 is 0 Å². The third-order valence-electron chi connectivity index (χ3n) is 4.67. The zero-order chi connectivity index (χ0) is 17.6. The highest BCUT2D eigenvalue weighted by atomic mass is 35.5. The Labute approximate surface area is 160 Å². The molecule has 1 aliphatic rings. The van der Waals surface area contributed by atoms with Gasteiger partial charge < -0.3 is 10.6 Å². The summed E-state index contributed by atoms with van der Waals surface area (Å²) in [4.78, 5) is 14.5. The first kappa shape index (κ1) is 20.4. The SMILES string of the molecule is Cc1ccccc1CNC(=O)CN1CCNCC1c1cccc(F)c1.Cl. The molecule has 2 N–H and O–H groups in total. The average Bonchev–Trinajstić information content (AvgIpc) is 2.61. The Morgan fingerprint density at radius 3 is 2.85 bits per heavy atom. The number of amides is 1. The molecule has 26 heavy (non-hydrogen) atoms. The quantitative estimate of drug-likeness (QED) is 0.842.